The fourth-order valence-corrected chi connectivity index (χ4v) is 1.63. The molecule has 94 valence electrons. The molecule has 0 heterocycles. The zero-order valence-electron chi connectivity index (χ0n) is 9.70. The molecule has 0 amide bonds. The van der Waals surface area contributed by atoms with Crippen molar-refractivity contribution in [1.82, 2.24) is 0 Å². The van der Waals surface area contributed by atoms with Gasteiger partial charge in [0.25, 0.3) is 0 Å². The third kappa shape index (κ3) is 4.63. The summed E-state index contributed by atoms with van der Waals surface area (Å²) in [6, 6.07) is 4.66. The van der Waals surface area contributed by atoms with Crippen molar-refractivity contribution < 1.29 is 14.6 Å². The second kappa shape index (κ2) is 7.14. The summed E-state index contributed by atoms with van der Waals surface area (Å²) < 4.78 is 4.94. The van der Waals surface area contributed by atoms with E-state index in [1.807, 2.05) is 0 Å². The van der Waals surface area contributed by atoms with E-state index in [1.54, 1.807) is 13.2 Å². The number of anilines is 1. The molecule has 0 aliphatic carbocycles. The SMILES string of the molecule is COCCCCNc1ccc(C(=O)O)cc1Cl. The number of nitrogens with one attached hydrogen (secondary N) is 1. The minimum absolute atomic E-state index is 0.194. The molecule has 5 heteroatoms. The summed E-state index contributed by atoms with van der Waals surface area (Å²) in [6.07, 6.45) is 1.96. The summed E-state index contributed by atoms with van der Waals surface area (Å²) in [4.78, 5) is 10.7. The summed E-state index contributed by atoms with van der Waals surface area (Å²) in [6.45, 7) is 1.53. The normalized spacial score (nSPS) is 10.2. The smallest absolute Gasteiger partial charge is 0.335 e. The van der Waals surface area contributed by atoms with Crippen molar-refractivity contribution >= 4 is 23.3 Å². The second-order valence-electron chi connectivity index (χ2n) is 3.63. The van der Waals surface area contributed by atoms with Crippen molar-refractivity contribution in [2.45, 2.75) is 12.8 Å². The van der Waals surface area contributed by atoms with Gasteiger partial charge in [-0.15, -0.1) is 0 Å². The van der Waals surface area contributed by atoms with Gasteiger partial charge in [0.2, 0.25) is 0 Å². The van der Waals surface area contributed by atoms with Crippen LogP contribution in [-0.2, 0) is 4.74 Å². The molecule has 1 aromatic rings. The topological polar surface area (TPSA) is 58.6 Å². The Kier molecular flexibility index (Phi) is 5.80. The number of halogens is 1. The van der Waals surface area contributed by atoms with Gasteiger partial charge in [-0.1, -0.05) is 11.6 Å². The van der Waals surface area contributed by atoms with Crippen LogP contribution in [0.2, 0.25) is 5.02 Å². The van der Waals surface area contributed by atoms with Gasteiger partial charge in [-0.25, -0.2) is 4.79 Å². The molecule has 0 radical (unpaired) electrons. The van der Waals surface area contributed by atoms with Gasteiger partial charge in [0.1, 0.15) is 0 Å². The predicted molar refractivity (Wildman–Crippen MR) is 68.0 cm³/mol. The first-order chi connectivity index (χ1) is 8.15. The molecule has 0 aliphatic heterocycles. The number of rotatable bonds is 7. The van der Waals surface area contributed by atoms with Crippen LogP contribution in [0.25, 0.3) is 0 Å². The van der Waals surface area contributed by atoms with Gasteiger partial charge in [-0.2, -0.15) is 0 Å². The largest absolute Gasteiger partial charge is 0.478 e. The van der Waals surface area contributed by atoms with Gasteiger partial charge < -0.3 is 15.2 Å². The molecule has 17 heavy (non-hydrogen) atoms. The Morgan fingerprint density at radius 1 is 1.47 bits per heavy atom. The molecule has 4 nitrogen and oxygen atoms in total. The van der Waals surface area contributed by atoms with Gasteiger partial charge in [0.05, 0.1) is 16.3 Å². The number of carbonyl (C=O) groups is 1. The van der Waals surface area contributed by atoms with Gasteiger partial charge in [0, 0.05) is 20.3 Å². The van der Waals surface area contributed by atoms with E-state index in [4.69, 9.17) is 21.4 Å². The lowest BCUT2D eigenvalue weighted by atomic mass is 10.2. The molecular formula is C12H16ClNO3. The fourth-order valence-electron chi connectivity index (χ4n) is 1.39. The van der Waals surface area contributed by atoms with E-state index in [0.29, 0.717) is 5.02 Å². The maximum absolute atomic E-state index is 10.7. The average molecular weight is 258 g/mol. The number of carboxylic acid groups (broad SMARTS) is 1. The van der Waals surface area contributed by atoms with Crippen molar-refractivity contribution in [3.8, 4) is 0 Å². The Morgan fingerprint density at radius 2 is 2.24 bits per heavy atom. The lowest BCUT2D eigenvalue weighted by molar-refractivity contribution is 0.0697. The standard InChI is InChI=1S/C12H16ClNO3/c1-17-7-3-2-6-14-11-5-4-9(12(15)16)8-10(11)13/h4-5,8,14H,2-3,6-7H2,1H3,(H,15,16). The summed E-state index contributed by atoms with van der Waals surface area (Å²) in [5.74, 6) is -0.974. The fraction of sp³-hybridized carbons (Fsp3) is 0.417. The molecule has 0 aliphatic rings. The Bertz CT molecular complexity index is 382. The third-order valence-electron chi connectivity index (χ3n) is 2.31. The number of hydrogen-bond acceptors (Lipinski definition) is 3. The summed E-state index contributed by atoms with van der Waals surface area (Å²) >= 11 is 5.96. The van der Waals surface area contributed by atoms with Crippen molar-refractivity contribution in [3.05, 3.63) is 28.8 Å². The number of carboxylic acids is 1. The van der Waals surface area contributed by atoms with Crippen LogP contribution in [0.15, 0.2) is 18.2 Å². The maximum Gasteiger partial charge on any atom is 0.335 e. The zero-order chi connectivity index (χ0) is 12.7. The van der Waals surface area contributed by atoms with E-state index in [0.717, 1.165) is 31.7 Å². The highest BCUT2D eigenvalue weighted by Crippen LogP contribution is 2.23. The molecule has 0 fully saturated rings. The molecule has 0 saturated carbocycles. The van der Waals surface area contributed by atoms with E-state index < -0.39 is 5.97 Å². The second-order valence-corrected chi connectivity index (χ2v) is 4.03. The van der Waals surface area contributed by atoms with Crippen LogP contribution in [0.4, 0.5) is 5.69 Å². The Morgan fingerprint density at radius 3 is 2.82 bits per heavy atom. The molecule has 0 aromatic heterocycles. The number of benzene rings is 1. The minimum atomic E-state index is -0.974. The first-order valence-corrected chi connectivity index (χ1v) is 5.78. The Balaban J connectivity index is 2.46. The molecule has 0 spiro atoms. The summed E-state index contributed by atoms with van der Waals surface area (Å²) in [5.41, 5.74) is 0.953. The van der Waals surface area contributed by atoms with Gasteiger partial charge in [-0.3, -0.25) is 0 Å². The molecule has 0 saturated heterocycles. The molecule has 0 atom stereocenters. The Labute approximate surface area is 106 Å². The van der Waals surface area contributed by atoms with E-state index in [2.05, 4.69) is 5.32 Å². The predicted octanol–water partition coefficient (Wildman–Crippen LogP) is 2.88. The van der Waals surface area contributed by atoms with Crippen LogP contribution in [0.5, 0.6) is 0 Å². The highest BCUT2D eigenvalue weighted by molar-refractivity contribution is 6.33. The van der Waals surface area contributed by atoms with Crippen LogP contribution < -0.4 is 5.32 Å². The summed E-state index contributed by atoms with van der Waals surface area (Å²) in [7, 11) is 1.68. The number of hydrogen-bond donors (Lipinski definition) is 2. The molecule has 0 bridgehead atoms. The number of methoxy groups -OCH3 is 1. The van der Waals surface area contributed by atoms with Gasteiger partial charge in [0.15, 0.2) is 0 Å². The zero-order valence-corrected chi connectivity index (χ0v) is 10.5. The van der Waals surface area contributed by atoms with E-state index >= 15 is 0 Å². The highest BCUT2D eigenvalue weighted by atomic mass is 35.5. The van der Waals surface area contributed by atoms with Crippen molar-refractivity contribution in [3.63, 3.8) is 0 Å². The van der Waals surface area contributed by atoms with Crippen LogP contribution >= 0.6 is 11.6 Å². The Hall–Kier alpha value is -1.26. The number of aromatic carboxylic acids is 1. The van der Waals surface area contributed by atoms with Crippen LogP contribution in [-0.4, -0.2) is 31.3 Å². The average Bonchev–Trinajstić information content (AvgIpc) is 2.30. The summed E-state index contributed by atoms with van der Waals surface area (Å²) in [5, 5.41) is 12.4. The first kappa shape index (κ1) is 13.8. The van der Waals surface area contributed by atoms with Crippen LogP contribution in [0.3, 0.4) is 0 Å². The molecule has 0 unspecified atom stereocenters. The first-order valence-electron chi connectivity index (χ1n) is 5.41. The van der Waals surface area contributed by atoms with Crippen LogP contribution in [0.1, 0.15) is 23.2 Å². The molecule has 1 aromatic carbocycles. The lowest BCUT2D eigenvalue weighted by Crippen LogP contribution is -2.04. The number of ether oxygens (including phenoxy) is 1. The molecule has 1 rings (SSSR count). The van der Waals surface area contributed by atoms with E-state index in [-0.39, 0.29) is 5.56 Å². The van der Waals surface area contributed by atoms with E-state index in [1.165, 1.54) is 12.1 Å². The highest BCUT2D eigenvalue weighted by Gasteiger charge is 2.06. The van der Waals surface area contributed by atoms with E-state index in [9.17, 15) is 4.79 Å². The van der Waals surface area contributed by atoms with Crippen molar-refractivity contribution in [1.29, 1.82) is 0 Å². The van der Waals surface area contributed by atoms with Crippen molar-refractivity contribution in [2.24, 2.45) is 0 Å². The van der Waals surface area contributed by atoms with Gasteiger partial charge in [-0.05, 0) is 31.0 Å². The van der Waals surface area contributed by atoms with Gasteiger partial charge >= 0.3 is 5.97 Å². The monoisotopic (exact) mass is 257 g/mol. The maximum atomic E-state index is 10.7. The van der Waals surface area contributed by atoms with Crippen LogP contribution in [0, 0.1) is 0 Å². The third-order valence-corrected chi connectivity index (χ3v) is 2.62. The number of unbranched alkanes of at least 4 members (excludes halogenated alkanes) is 1. The lowest BCUT2D eigenvalue weighted by Gasteiger charge is -2.08. The quantitative estimate of drug-likeness (QED) is 0.738. The molecular weight excluding hydrogens is 242 g/mol. The van der Waals surface area contributed by atoms with Crippen molar-refractivity contribution in [2.75, 3.05) is 25.6 Å². The minimum Gasteiger partial charge on any atom is -0.478 e. The molecule has 2 N–H and O–H groups in total.